The number of hydrogen-bond acceptors (Lipinski definition) is 12. The summed E-state index contributed by atoms with van der Waals surface area (Å²) in [5.74, 6) is -1.47. The molecule has 4 aromatic rings. The molecule has 9 N–H and O–H groups in total. The molecule has 0 bridgehead atoms. The molecule has 2 aromatic heterocycles. The Balaban J connectivity index is 0.000000274. The average molecular weight is 1100 g/mol. The van der Waals surface area contributed by atoms with E-state index in [1.165, 1.54) is 30.0 Å². The van der Waals surface area contributed by atoms with Gasteiger partial charge in [0.1, 0.15) is 31.0 Å². The number of nitrogens with one attached hydrogen (secondary N) is 6. The summed E-state index contributed by atoms with van der Waals surface area (Å²) in [6.07, 6.45) is 9.80. The third kappa shape index (κ3) is 19.4. The summed E-state index contributed by atoms with van der Waals surface area (Å²) in [5.41, 5.74) is 13.4. The van der Waals surface area contributed by atoms with Crippen molar-refractivity contribution in [2.45, 2.75) is 144 Å². The Morgan fingerprint density at radius 1 is 0.823 bits per heavy atom. The molecule has 1 fully saturated rings. The lowest BCUT2D eigenvalue weighted by Crippen LogP contribution is -2.46. The van der Waals surface area contributed by atoms with E-state index in [0.29, 0.717) is 65.5 Å². The molecule has 0 saturated heterocycles. The Labute approximate surface area is 461 Å². The minimum Gasteiger partial charge on any atom is -0.490 e. The van der Waals surface area contributed by atoms with Gasteiger partial charge < -0.3 is 56.8 Å². The Morgan fingerprint density at radius 2 is 1.41 bits per heavy atom. The van der Waals surface area contributed by atoms with E-state index in [9.17, 15) is 43.1 Å². The van der Waals surface area contributed by atoms with Crippen LogP contribution in [-0.4, -0.2) is 103 Å². The number of primary amides is 1. The molecule has 1 atom stereocenters. The van der Waals surface area contributed by atoms with Crippen molar-refractivity contribution in [3.05, 3.63) is 109 Å². The highest BCUT2D eigenvalue weighted by atomic mass is 19.1. The largest absolute Gasteiger partial charge is 0.490 e. The number of halogens is 1. The number of ether oxygens (including phenoxy) is 2. The minimum absolute atomic E-state index is 0.0865. The van der Waals surface area contributed by atoms with Crippen molar-refractivity contribution < 1.29 is 52.5 Å². The first kappa shape index (κ1) is 64.0. The molecule has 2 aliphatic carbocycles. The number of carbonyl (C=O) groups is 7. The van der Waals surface area contributed by atoms with E-state index in [0.717, 1.165) is 72.7 Å². The molecule has 4 aliphatic rings. The second-order valence-electron chi connectivity index (χ2n) is 19.9. The summed E-state index contributed by atoms with van der Waals surface area (Å²) in [7, 11) is 0. The molecule has 1 saturated carbocycles. The highest BCUT2D eigenvalue weighted by Crippen LogP contribution is 2.43. The summed E-state index contributed by atoms with van der Waals surface area (Å²) in [5, 5.41) is 26.5. The first-order chi connectivity index (χ1) is 37.9. The second kappa shape index (κ2) is 33.0. The number of aliphatic hydroxyl groups excluding tert-OH is 1. The highest BCUT2D eigenvalue weighted by Gasteiger charge is 2.35. The van der Waals surface area contributed by atoms with Gasteiger partial charge in [0.05, 0.1) is 61.3 Å². The van der Waals surface area contributed by atoms with E-state index < -0.39 is 29.7 Å². The number of benzene rings is 2. The second-order valence-corrected chi connectivity index (χ2v) is 19.9. The zero-order chi connectivity index (χ0) is 58.0. The molecule has 8 rings (SSSR count). The molecule has 4 heterocycles. The summed E-state index contributed by atoms with van der Waals surface area (Å²) in [6, 6.07) is 13.7. The number of nitrogens with zero attached hydrogens (tertiary/aromatic N) is 2. The van der Waals surface area contributed by atoms with Crippen LogP contribution in [0.1, 0.15) is 137 Å². The van der Waals surface area contributed by atoms with Crippen LogP contribution in [-0.2, 0) is 69.0 Å². The molecule has 430 valence electrons. The molecular weight excluding hydrogens is 1020 g/mol. The molecule has 2 aliphatic heterocycles. The monoisotopic (exact) mass is 1100 g/mol. The van der Waals surface area contributed by atoms with Crippen LogP contribution in [0, 0.1) is 25.6 Å². The Morgan fingerprint density at radius 3 is 1.95 bits per heavy atom. The van der Waals surface area contributed by atoms with Gasteiger partial charge in [-0.05, 0) is 107 Å². The van der Waals surface area contributed by atoms with Crippen LogP contribution >= 0.6 is 0 Å². The lowest BCUT2D eigenvalue weighted by molar-refractivity contribution is -0.129. The predicted molar refractivity (Wildman–Crippen MR) is 298 cm³/mol. The smallest absolute Gasteiger partial charge is 0.258 e. The van der Waals surface area contributed by atoms with Crippen LogP contribution in [0.3, 0.4) is 0 Å². The average Bonchev–Trinajstić information content (AvgIpc) is 4.09. The summed E-state index contributed by atoms with van der Waals surface area (Å²) in [4.78, 5) is 95.3. The highest BCUT2D eigenvalue weighted by molar-refractivity contribution is 5.93. The quantitative estimate of drug-likeness (QED) is 0.0315. The number of allylic oxidation sites excluding steroid dienone is 1. The first-order valence-corrected chi connectivity index (χ1v) is 27.1. The maximum atomic E-state index is 14.6. The number of unbranched alkanes of at least 4 members (excludes halogenated alkanes) is 3. The van der Waals surface area contributed by atoms with Gasteiger partial charge in [0, 0.05) is 35.5 Å². The lowest BCUT2D eigenvalue weighted by Gasteiger charge is -2.32. The number of aliphatic hydroxyl groups is 1. The van der Waals surface area contributed by atoms with E-state index in [1.807, 2.05) is 45.0 Å². The number of rotatable bonds is 19. The van der Waals surface area contributed by atoms with Crippen molar-refractivity contribution >= 4 is 53.3 Å². The number of aryl methyl sites for hydroxylation is 3. The van der Waals surface area contributed by atoms with Gasteiger partial charge in [0.2, 0.25) is 42.4 Å². The summed E-state index contributed by atoms with van der Waals surface area (Å²) < 4.78 is 27.5. The lowest BCUT2D eigenvalue weighted by atomic mass is 9.84. The molecule has 1 unspecified atom stereocenters. The van der Waals surface area contributed by atoms with E-state index >= 15 is 0 Å². The third-order valence-electron chi connectivity index (χ3n) is 13.5. The molecular formula is C58H80FN9O11. The number of hydrogen-bond donors (Lipinski definition) is 8. The topological polar surface area (TPSA) is 291 Å². The van der Waals surface area contributed by atoms with Crippen LogP contribution in [0.25, 0.3) is 22.3 Å². The Kier molecular flexibility index (Phi) is 26.8. The zero-order valence-corrected chi connectivity index (χ0v) is 46.7. The molecule has 2 aromatic carbocycles. The molecule has 0 radical (unpaired) electrons. The van der Waals surface area contributed by atoms with E-state index in [1.54, 1.807) is 4.57 Å². The van der Waals surface area contributed by atoms with Gasteiger partial charge in [-0.25, -0.2) is 9.37 Å². The van der Waals surface area contributed by atoms with Crippen molar-refractivity contribution in [1.82, 2.24) is 41.5 Å². The SMILES string of the molecule is CC(C)=C1OCc2c(cc3n(c2=O)Cc2c-3nc3cc(F)c(C)c4c3c2CCC4)C1O.CC1CC(OCNC(=O)CNC(=O)CNC(=O)CNC(=O)CNC(=O)CCCCCNC=O)C1.CCCC.Cc1ccccc1.NC=O. The van der Waals surface area contributed by atoms with Crippen LogP contribution in [0.4, 0.5) is 4.39 Å². The molecule has 79 heavy (non-hydrogen) atoms. The fraction of sp³-hybridized carbons (Fsp3) is 0.500. The molecule has 0 spiro atoms. The van der Waals surface area contributed by atoms with Gasteiger partial charge in [-0.3, -0.25) is 38.4 Å². The van der Waals surface area contributed by atoms with E-state index in [4.69, 9.17) is 19.3 Å². The van der Waals surface area contributed by atoms with Gasteiger partial charge in [0.15, 0.2) is 0 Å². The number of fused-ring (bicyclic) bond motifs is 5. The first-order valence-electron chi connectivity index (χ1n) is 27.1. The van der Waals surface area contributed by atoms with Crippen LogP contribution < -0.4 is 43.2 Å². The maximum Gasteiger partial charge on any atom is 0.258 e. The van der Waals surface area contributed by atoms with Gasteiger partial charge >= 0.3 is 0 Å². The van der Waals surface area contributed by atoms with Gasteiger partial charge in [-0.1, -0.05) is 75.9 Å². The fourth-order valence-electron chi connectivity index (χ4n) is 9.04. The fourth-order valence-corrected chi connectivity index (χ4v) is 9.04. The van der Waals surface area contributed by atoms with Gasteiger partial charge in [-0.15, -0.1) is 0 Å². The van der Waals surface area contributed by atoms with Crippen molar-refractivity contribution in [2.24, 2.45) is 11.7 Å². The van der Waals surface area contributed by atoms with Crippen LogP contribution in [0.15, 0.2) is 58.6 Å². The summed E-state index contributed by atoms with van der Waals surface area (Å²) >= 11 is 0. The van der Waals surface area contributed by atoms with Gasteiger partial charge in [0.25, 0.3) is 5.56 Å². The van der Waals surface area contributed by atoms with E-state index in [2.05, 4.69) is 77.5 Å². The molecule has 21 heteroatoms. The van der Waals surface area contributed by atoms with Crippen molar-refractivity contribution in [3.63, 3.8) is 0 Å². The minimum atomic E-state index is -0.970. The number of aromatic nitrogens is 2. The molecule has 20 nitrogen and oxygen atoms in total. The number of nitrogens with two attached hydrogens (primary N) is 1. The summed E-state index contributed by atoms with van der Waals surface area (Å²) in [6.45, 7) is 14.2. The number of pyridine rings is 2. The van der Waals surface area contributed by atoms with E-state index in [-0.39, 0.29) is 75.7 Å². The normalized spacial score (nSPS) is 15.6. The number of amides is 7. The zero-order valence-electron chi connectivity index (χ0n) is 46.7. The third-order valence-corrected chi connectivity index (χ3v) is 13.5. The standard InChI is InChI=1S/C25H23FN2O3.C21H36N6O7.C7H8.C4H10.CH3NO/c1-11(2)24-23(29)15-7-20-22-16(9-28(20)25(30)17(15)10-31-24)14-6-4-5-13-12(3)18(26)8-19(27-22)21(13)14;1-15-7-16(8-15)34-14-27-21(33)12-26-20(32)11-25-19(31)10-24-18(30)9-23-17(29)5-3-2-4-6-22-13-28;1-7-5-3-2-4-6-7;1-3-4-2;2-1-3/h7-8,23,29H,4-6,9-10H2,1-3H3;13,15-16H,2-12,14H2,1H3,(H,22,28)(H,23,29)(H,24,30)(H,25,31)(H,26,32)(H,27,33);2-6H,1H3;3-4H2,1-2H3;1H,(H2,2,3). The van der Waals surface area contributed by atoms with Crippen molar-refractivity contribution in [1.29, 1.82) is 0 Å². The van der Waals surface area contributed by atoms with Crippen LogP contribution in [0.2, 0.25) is 0 Å². The molecule has 7 amide bonds. The van der Waals surface area contributed by atoms with Crippen molar-refractivity contribution in [2.75, 3.05) is 39.5 Å². The predicted octanol–water partition coefficient (Wildman–Crippen LogP) is 4.77. The van der Waals surface area contributed by atoms with Crippen molar-refractivity contribution in [3.8, 4) is 11.4 Å². The number of carbonyl (C=O) groups excluding carboxylic acids is 7. The Hall–Kier alpha value is -7.52. The maximum absolute atomic E-state index is 14.6. The Bertz CT molecular complexity index is 2830. The van der Waals surface area contributed by atoms with Crippen LogP contribution in [0.5, 0.6) is 0 Å². The van der Waals surface area contributed by atoms with Gasteiger partial charge in [-0.2, -0.15) is 0 Å².